The fourth-order valence-electron chi connectivity index (χ4n) is 1.54. The van der Waals surface area contributed by atoms with E-state index in [-0.39, 0.29) is 28.4 Å². The van der Waals surface area contributed by atoms with E-state index in [4.69, 9.17) is 22.1 Å². The summed E-state index contributed by atoms with van der Waals surface area (Å²) in [6.07, 6.45) is 0. The number of carbonyl (C=O) groups is 1. The predicted octanol–water partition coefficient (Wildman–Crippen LogP) is 3.56. The molecule has 0 radical (unpaired) electrons. The summed E-state index contributed by atoms with van der Waals surface area (Å²) < 4.78 is 31.7. The quantitative estimate of drug-likeness (QED) is 0.696. The van der Waals surface area contributed by atoms with E-state index in [9.17, 15) is 13.6 Å². The van der Waals surface area contributed by atoms with E-state index in [1.165, 1.54) is 30.3 Å². The fourth-order valence-corrected chi connectivity index (χ4v) is 1.73. The van der Waals surface area contributed by atoms with Crippen LogP contribution in [-0.2, 0) is 11.3 Å². The zero-order valence-electron chi connectivity index (χ0n) is 10.2. The highest BCUT2D eigenvalue weighted by atomic mass is 35.5. The van der Waals surface area contributed by atoms with Crippen LogP contribution in [0, 0.1) is 11.6 Å². The Morgan fingerprint density at radius 1 is 1.25 bits per heavy atom. The predicted molar refractivity (Wildman–Crippen MR) is 71.3 cm³/mol. The summed E-state index contributed by atoms with van der Waals surface area (Å²) in [5.41, 5.74) is 5.37. The summed E-state index contributed by atoms with van der Waals surface area (Å²) in [5.74, 6) is -2.14. The third-order valence-electron chi connectivity index (χ3n) is 2.63. The normalized spacial score (nSPS) is 10.3. The first-order valence-corrected chi connectivity index (χ1v) is 6.02. The molecule has 3 nitrogen and oxygen atoms in total. The van der Waals surface area contributed by atoms with Crippen molar-refractivity contribution in [2.24, 2.45) is 0 Å². The van der Waals surface area contributed by atoms with Gasteiger partial charge in [0.15, 0.2) is 0 Å². The molecule has 0 aliphatic rings. The van der Waals surface area contributed by atoms with Crippen molar-refractivity contribution < 1.29 is 18.3 Å². The van der Waals surface area contributed by atoms with Crippen LogP contribution < -0.4 is 5.73 Å². The second kappa shape index (κ2) is 5.88. The number of nitrogens with two attached hydrogens (primary N) is 1. The Kier molecular flexibility index (Phi) is 4.20. The van der Waals surface area contributed by atoms with Crippen LogP contribution in [0.2, 0.25) is 5.02 Å². The number of carbonyl (C=O) groups excluding carboxylic acids is 1. The number of halogens is 3. The molecule has 0 unspecified atom stereocenters. The monoisotopic (exact) mass is 297 g/mol. The number of esters is 1. The molecule has 2 rings (SSSR count). The van der Waals surface area contributed by atoms with Gasteiger partial charge >= 0.3 is 5.97 Å². The van der Waals surface area contributed by atoms with Gasteiger partial charge in [-0.2, -0.15) is 0 Å². The Bertz CT molecular complexity index is 662. The number of hydrogen-bond donors (Lipinski definition) is 1. The van der Waals surface area contributed by atoms with E-state index < -0.39 is 17.6 Å². The largest absolute Gasteiger partial charge is 0.457 e. The molecule has 0 bridgehead atoms. The fraction of sp³-hybridized carbons (Fsp3) is 0.0714. The second-order valence-corrected chi connectivity index (χ2v) is 4.43. The standard InChI is InChI=1S/C14H10ClF2NO2/c15-10-3-1-2-9(13(10)17)7-20-14(19)8-4-5-12(18)11(16)6-8/h1-6H,7,18H2. The van der Waals surface area contributed by atoms with Crippen LogP contribution in [-0.4, -0.2) is 5.97 Å². The van der Waals surface area contributed by atoms with Crippen LogP contribution in [0.5, 0.6) is 0 Å². The highest BCUT2D eigenvalue weighted by molar-refractivity contribution is 6.30. The molecule has 2 N–H and O–H groups in total. The number of benzene rings is 2. The number of anilines is 1. The van der Waals surface area contributed by atoms with Crippen molar-refractivity contribution >= 4 is 23.3 Å². The lowest BCUT2D eigenvalue weighted by molar-refractivity contribution is 0.0468. The smallest absolute Gasteiger partial charge is 0.338 e. The van der Waals surface area contributed by atoms with Crippen molar-refractivity contribution in [3.63, 3.8) is 0 Å². The number of hydrogen-bond acceptors (Lipinski definition) is 3. The van der Waals surface area contributed by atoms with E-state index >= 15 is 0 Å². The van der Waals surface area contributed by atoms with Crippen molar-refractivity contribution in [3.8, 4) is 0 Å². The van der Waals surface area contributed by atoms with E-state index in [2.05, 4.69) is 0 Å². The van der Waals surface area contributed by atoms with Gasteiger partial charge < -0.3 is 10.5 Å². The first-order valence-electron chi connectivity index (χ1n) is 5.64. The van der Waals surface area contributed by atoms with E-state index in [1.807, 2.05) is 0 Å². The minimum atomic E-state index is -0.775. The van der Waals surface area contributed by atoms with Gasteiger partial charge in [0, 0.05) is 5.56 Å². The molecule has 0 aliphatic carbocycles. The third kappa shape index (κ3) is 3.05. The number of rotatable bonds is 3. The maximum atomic E-state index is 13.6. The summed E-state index contributed by atoms with van der Waals surface area (Å²) in [7, 11) is 0. The lowest BCUT2D eigenvalue weighted by atomic mass is 10.2. The molecule has 0 aromatic heterocycles. The van der Waals surface area contributed by atoms with Gasteiger partial charge in [0.25, 0.3) is 0 Å². The van der Waals surface area contributed by atoms with Gasteiger partial charge in [-0.1, -0.05) is 23.7 Å². The maximum absolute atomic E-state index is 13.6. The van der Waals surface area contributed by atoms with Gasteiger partial charge in [0.1, 0.15) is 18.2 Å². The molecular weight excluding hydrogens is 288 g/mol. The number of ether oxygens (including phenoxy) is 1. The van der Waals surface area contributed by atoms with Gasteiger partial charge in [0.05, 0.1) is 16.3 Å². The van der Waals surface area contributed by atoms with Gasteiger partial charge in [-0.3, -0.25) is 0 Å². The van der Waals surface area contributed by atoms with Crippen LogP contribution in [0.1, 0.15) is 15.9 Å². The second-order valence-electron chi connectivity index (χ2n) is 4.03. The minimum absolute atomic E-state index is 0.000800. The third-order valence-corrected chi connectivity index (χ3v) is 2.92. The Labute approximate surface area is 118 Å². The Morgan fingerprint density at radius 3 is 2.70 bits per heavy atom. The van der Waals surface area contributed by atoms with Gasteiger partial charge in [-0.15, -0.1) is 0 Å². The van der Waals surface area contributed by atoms with Gasteiger partial charge in [-0.05, 0) is 24.3 Å². The lowest BCUT2D eigenvalue weighted by Crippen LogP contribution is -2.07. The van der Waals surface area contributed by atoms with Crippen molar-refractivity contribution in [3.05, 3.63) is 64.2 Å². The summed E-state index contributed by atoms with van der Waals surface area (Å²) in [6.45, 7) is -0.294. The topological polar surface area (TPSA) is 52.3 Å². The van der Waals surface area contributed by atoms with Gasteiger partial charge in [0.2, 0.25) is 0 Å². The summed E-state index contributed by atoms with van der Waals surface area (Å²) in [5, 5.41) is -0.0583. The van der Waals surface area contributed by atoms with Crippen molar-refractivity contribution in [2.75, 3.05) is 5.73 Å². The lowest BCUT2D eigenvalue weighted by Gasteiger charge is -2.07. The highest BCUT2D eigenvalue weighted by Crippen LogP contribution is 2.19. The Balaban J connectivity index is 2.08. The molecule has 20 heavy (non-hydrogen) atoms. The Hall–Kier alpha value is -2.14. The molecule has 0 saturated carbocycles. The van der Waals surface area contributed by atoms with E-state index in [0.717, 1.165) is 6.07 Å². The zero-order valence-corrected chi connectivity index (χ0v) is 11.0. The molecule has 0 atom stereocenters. The van der Waals surface area contributed by atoms with Crippen molar-refractivity contribution in [2.45, 2.75) is 6.61 Å². The SMILES string of the molecule is Nc1ccc(C(=O)OCc2cccc(Cl)c2F)cc1F. The summed E-state index contributed by atoms with van der Waals surface area (Å²) >= 11 is 5.61. The van der Waals surface area contributed by atoms with Crippen LogP contribution in [0.25, 0.3) is 0 Å². The first-order chi connectivity index (χ1) is 9.49. The summed E-state index contributed by atoms with van der Waals surface area (Å²) in [4.78, 5) is 11.7. The van der Waals surface area contributed by atoms with Crippen LogP contribution >= 0.6 is 11.6 Å². The zero-order chi connectivity index (χ0) is 14.7. The molecule has 0 saturated heterocycles. The molecule has 0 aliphatic heterocycles. The Morgan fingerprint density at radius 2 is 2.00 bits per heavy atom. The van der Waals surface area contributed by atoms with E-state index in [1.54, 1.807) is 0 Å². The molecule has 0 fully saturated rings. The number of nitrogen functional groups attached to an aromatic ring is 1. The van der Waals surface area contributed by atoms with E-state index in [0.29, 0.717) is 0 Å². The average molecular weight is 298 g/mol. The van der Waals surface area contributed by atoms with Gasteiger partial charge in [-0.25, -0.2) is 13.6 Å². The molecule has 6 heteroatoms. The summed E-state index contributed by atoms with van der Waals surface area (Å²) in [6, 6.07) is 7.92. The van der Waals surface area contributed by atoms with Crippen molar-refractivity contribution in [1.29, 1.82) is 0 Å². The highest BCUT2D eigenvalue weighted by Gasteiger charge is 2.12. The molecule has 2 aromatic carbocycles. The molecular formula is C14H10ClF2NO2. The van der Waals surface area contributed by atoms with Crippen LogP contribution in [0.4, 0.5) is 14.5 Å². The molecule has 0 heterocycles. The molecule has 2 aromatic rings. The maximum Gasteiger partial charge on any atom is 0.338 e. The van der Waals surface area contributed by atoms with Crippen LogP contribution in [0.3, 0.4) is 0 Å². The van der Waals surface area contributed by atoms with Crippen molar-refractivity contribution in [1.82, 2.24) is 0 Å². The molecule has 0 spiro atoms. The minimum Gasteiger partial charge on any atom is -0.457 e. The molecule has 104 valence electrons. The molecule has 0 amide bonds. The first kappa shape index (κ1) is 14.3. The average Bonchev–Trinajstić information content (AvgIpc) is 2.43. The van der Waals surface area contributed by atoms with Crippen LogP contribution in [0.15, 0.2) is 36.4 Å².